The highest BCUT2D eigenvalue weighted by Gasteiger charge is 2.33. The number of carboxylic acids is 1. The van der Waals surface area contributed by atoms with Crippen LogP contribution in [0, 0.1) is 11.3 Å². The molecule has 2 atom stereocenters. The fourth-order valence-corrected chi connectivity index (χ4v) is 6.86. The Bertz CT molecular complexity index is 1970. The van der Waals surface area contributed by atoms with Crippen molar-refractivity contribution in [2.45, 2.75) is 57.2 Å². The molecule has 3 aromatic carbocycles. The first kappa shape index (κ1) is 37.3. The quantitative estimate of drug-likeness (QED) is 0.104. The van der Waals surface area contributed by atoms with E-state index in [1.165, 1.54) is 13.1 Å². The van der Waals surface area contributed by atoms with Gasteiger partial charge < -0.3 is 24.4 Å². The van der Waals surface area contributed by atoms with Crippen LogP contribution in [0.4, 0.5) is 4.39 Å². The Labute approximate surface area is 311 Å². The van der Waals surface area contributed by atoms with E-state index in [-0.39, 0.29) is 19.3 Å². The number of rotatable bonds is 16. The smallest absolute Gasteiger partial charge is 0.326 e. The summed E-state index contributed by atoms with van der Waals surface area (Å²) in [7, 11) is 0. The number of pyridine rings is 1. The van der Waals surface area contributed by atoms with E-state index in [9.17, 15) is 24.7 Å². The lowest BCUT2D eigenvalue weighted by molar-refractivity contribution is -0.145. The number of halogens is 3. The van der Waals surface area contributed by atoms with Crippen LogP contribution < -0.4 is 19.5 Å². The molecule has 1 unspecified atom stereocenters. The molecule has 52 heavy (non-hydrogen) atoms. The number of benzene rings is 3. The van der Waals surface area contributed by atoms with Crippen LogP contribution >= 0.6 is 23.2 Å². The highest BCUT2D eigenvalue weighted by atomic mass is 35.5. The predicted octanol–water partition coefficient (Wildman–Crippen LogP) is 6.92. The van der Waals surface area contributed by atoms with Gasteiger partial charge in [0.1, 0.15) is 47.7 Å². The van der Waals surface area contributed by atoms with Gasteiger partial charge in [-0.15, -0.1) is 0 Å². The molecule has 2 heterocycles. The number of hydrogen-bond donors (Lipinski definition) is 3. The predicted molar refractivity (Wildman–Crippen MR) is 195 cm³/mol. The van der Waals surface area contributed by atoms with Crippen LogP contribution in [0.3, 0.4) is 0 Å². The summed E-state index contributed by atoms with van der Waals surface area (Å²) in [4.78, 5) is 18.0. The van der Waals surface area contributed by atoms with Crippen molar-refractivity contribution >= 4 is 29.2 Å². The lowest BCUT2D eigenvalue weighted by atomic mass is 9.96. The summed E-state index contributed by atoms with van der Waals surface area (Å²) >= 11 is 13.7. The normalized spacial score (nSPS) is 16.7. The fraction of sp³-hybridized carbons (Fsp3) is 0.359. The summed E-state index contributed by atoms with van der Waals surface area (Å²) in [6.45, 7) is 3.08. The standard InChI is InChI=1S/C39H39Cl2FN4O6/c1-39(23-47,38(48)49)45-19-26-14-32(40)36(15-35(26)51-22-25-13-24(16-43)17-44-18-25)52-33-10-9-29-28(5-2-6-30(29)33)31-7-3-8-34(37(31)41)50-12-4-11-46-20-27(42)21-46/h2-3,5-8,13-15,17-18,27,33,45,47H,4,9-12,19-23H2,1H3,(H,48,49)/t33-,39?/m0/s1. The molecular weight excluding hydrogens is 710 g/mol. The van der Waals surface area contributed by atoms with Gasteiger partial charge in [0.2, 0.25) is 0 Å². The molecule has 0 bridgehead atoms. The van der Waals surface area contributed by atoms with Crippen LogP contribution in [0.5, 0.6) is 17.2 Å². The third kappa shape index (κ3) is 8.44. The summed E-state index contributed by atoms with van der Waals surface area (Å²) in [5, 5.41) is 32.4. The first-order valence-corrected chi connectivity index (χ1v) is 17.8. The number of aliphatic hydroxyl groups is 1. The second-order valence-corrected chi connectivity index (χ2v) is 14.0. The molecule has 0 radical (unpaired) electrons. The van der Waals surface area contributed by atoms with Crippen LogP contribution in [0.25, 0.3) is 11.1 Å². The lowest BCUT2D eigenvalue weighted by Gasteiger charge is -2.34. The van der Waals surface area contributed by atoms with Crippen molar-refractivity contribution in [1.29, 1.82) is 5.26 Å². The number of fused-ring (bicyclic) bond motifs is 1. The second kappa shape index (κ2) is 16.5. The number of carboxylic acid groups (broad SMARTS) is 1. The third-order valence-electron chi connectivity index (χ3n) is 9.42. The Hall–Kier alpha value is -4.44. The van der Waals surface area contributed by atoms with Crippen LogP contribution in [0.15, 0.2) is 67.0 Å². The highest BCUT2D eigenvalue weighted by Crippen LogP contribution is 2.45. The maximum absolute atomic E-state index is 13.1. The molecule has 1 fully saturated rings. The molecule has 0 amide bonds. The van der Waals surface area contributed by atoms with Gasteiger partial charge in [-0.25, -0.2) is 4.39 Å². The van der Waals surface area contributed by atoms with E-state index in [2.05, 4.69) is 21.3 Å². The molecule has 2 aliphatic rings. The molecule has 0 saturated carbocycles. The summed E-state index contributed by atoms with van der Waals surface area (Å²) in [5.41, 5.74) is 3.96. The van der Waals surface area contributed by atoms with Gasteiger partial charge in [-0.2, -0.15) is 5.26 Å². The van der Waals surface area contributed by atoms with Gasteiger partial charge in [-0.3, -0.25) is 20.0 Å². The molecular formula is C39H39Cl2FN4O6. The molecule has 272 valence electrons. The Morgan fingerprint density at radius 3 is 2.63 bits per heavy atom. The molecule has 1 saturated heterocycles. The van der Waals surface area contributed by atoms with Crippen LogP contribution in [0.2, 0.25) is 10.0 Å². The van der Waals surface area contributed by atoms with Crippen molar-refractivity contribution < 1.29 is 33.6 Å². The molecule has 3 N–H and O–H groups in total. The first-order valence-electron chi connectivity index (χ1n) is 17.0. The van der Waals surface area contributed by atoms with Crippen molar-refractivity contribution in [3.63, 3.8) is 0 Å². The summed E-state index contributed by atoms with van der Waals surface area (Å²) in [6.07, 6.45) is 4.21. The minimum absolute atomic E-state index is 0.0202. The minimum atomic E-state index is -1.60. The third-order valence-corrected chi connectivity index (χ3v) is 10.1. The van der Waals surface area contributed by atoms with E-state index in [0.29, 0.717) is 70.1 Å². The van der Waals surface area contributed by atoms with Crippen LogP contribution in [-0.2, 0) is 24.4 Å². The number of aliphatic hydroxyl groups excluding tert-OH is 1. The molecule has 4 aromatic rings. The molecule has 10 nitrogen and oxygen atoms in total. The molecule has 1 aliphatic carbocycles. The van der Waals surface area contributed by atoms with E-state index >= 15 is 0 Å². The molecule has 1 aliphatic heterocycles. The maximum atomic E-state index is 13.1. The minimum Gasteiger partial charge on any atom is -0.492 e. The summed E-state index contributed by atoms with van der Waals surface area (Å²) in [6, 6.07) is 18.9. The zero-order chi connectivity index (χ0) is 36.8. The molecule has 0 spiro atoms. The van der Waals surface area contributed by atoms with Gasteiger partial charge in [-0.1, -0.05) is 53.5 Å². The van der Waals surface area contributed by atoms with Gasteiger partial charge >= 0.3 is 5.97 Å². The van der Waals surface area contributed by atoms with Crippen molar-refractivity contribution in [1.82, 2.24) is 15.2 Å². The average molecular weight is 750 g/mol. The fourth-order valence-electron chi connectivity index (χ4n) is 6.35. The van der Waals surface area contributed by atoms with Gasteiger partial charge in [0, 0.05) is 61.3 Å². The SMILES string of the molecule is CC(CO)(NCc1cc(Cl)c(O[C@H]2CCc3c(-c4cccc(OCCCN5CC(F)C5)c4Cl)cccc32)cc1OCc1cncc(C#N)c1)C(=O)O. The number of aliphatic carboxylic acids is 1. The van der Waals surface area contributed by atoms with Crippen molar-refractivity contribution in [2.24, 2.45) is 0 Å². The summed E-state index contributed by atoms with van der Waals surface area (Å²) < 4.78 is 31.9. The van der Waals surface area contributed by atoms with E-state index < -0.39 is 24.3 Å². The van der Waals surface area contributed by atoms with Crippen LogP contribution in [0.1, 0.15) is 53.7 Å². The Kier molecular flexibility index (Phi) is 11.8. The Balaban J connectivity index is 1.21. The molecule has 1 aromatic heterocycles. The van der Waals surface area contributed by atoms with Gasteiger partial charge in [0.05, 0.1) is 28.8 Å². The highest BCUT2D eigenvalue weighted by molar-refractivity contribution is 6.35. The number of nitrogens with zero attached hydrogens (tertiary/aromatic N) is 3. The lowest BCUT2D eigenvalue weighted by Crippen LogP contribution is -2.52. The Morgan fingerprint density at radius 1 is 1.10 bits per heavy atom. The molecule has 6 rings (SSSR count). The number of nitrogens with one attached hydrogen (secondary N) is 1. The number of hydrogen-bond acceptors (Lipinski definition) is 9. The van der Waals surface area contributed by atoms with E-state index in [1.807, 2.05) is 36.4 Å². The largest absolute Gasteiger partial charge is 0.492 e. The first-order chi connectivity index (χ1) is 25.1. The van der Waals surface area contributed by atoms with Gasteiger partial charge in [-0.05, 0) is 61.1 Å². The van der Waals surface area contributed by atoms with Crippen LogP contribution in [-0.4, -0.2) is 70.6 Å². The van der Waals surface area contributed by atoms with Crippen molar-refractivity contribution in [2.75, 3.05) is 32.8 Å². The van der Waals surface area contributed by atoms with Crippen molar-refractivity contribution in [3.05, 3.63) is 105 Å². The summed E-state index contributed by atoms with van der Waals surface area (Å²) in [5.74, 6) is 0.149. The average Bonchev–Trinajstić information content (AvgIpc) is 3.55. The number of nitriles is 1. The monoisotopic (exact) mass is 748 g/mol. The second-order valence-electron chi connectivity index (χ2n) is 13.2. The number of alkyl halides is 1. The topological polar surface area (TPSA) is 137 Å². The van der Waals surface area contributed by atoms with E-state index in [0.717, 1.165) is 41.6 Å². The Morgan fingerprint density at radius 2 is 1.88 bits per heavy atom. The van der Waals surface area contributed by atoms with Gasteiger partial charge in [0.15, 0.2) is 0 Å². The zero-order valence-corrected chi connectivity index (χ0v) is 30.1. The van der Waals surface area contributed by atoms with Gasteiger partial charge in [0.25, 0.3) is 0 Å². The number of carbonyl (C=O) groups is 1. The maximum Gasteiger partial charge on any atom is 0.326 e. The number of aromatic nitrogens is 1. The number of ether oxygens (including phenoxy) is 3. The molecule has 13 heteroatoms. The van der Waals surface area contributed by atoms with Crippen molar-refractivity contribution in [3.8, 4) is 34.4 Å². The van der Waals surface area contributed by atoms with E-state index in [4.69, 9.17) is 37.4 Å². The zero-order valence-electron chi connectivity index (χ0n) is 28.6. The number of likely N-dealkylation sites (tertiary alicyclic amines) is 1. The van der Waals surface area contributed by atoms with E-state index in [1.54, 1.807) is 24.4 Å².